The largest absolute Gasteiger partial charge is 0.497 e. The van der Waals surface area contributed by atoms with E-state index in [9.17, 15) is 4.79 Å². The lowest BCUT2D eigenvalue weighted by molar-refractivity contribution is 0.0927. The number of nitrogens with one attached hydrogen (secondary N) is 1. The Morgan fingerprint density at radius 3 is 2.71 bits per heavy atom. The molecule has 1 aliphatic carbocycles. The summed E-state index contributed by atoms with van der Waals surface area (Å²) in [6, 6.07) is 15.5. The third kappa shape index (κ3) is 2.75. The van der Waals surface area contributed by atoms with Crippen molar-refractivity contribution in [1.29, 1.82) is 0 Å². The van der Waals surface area contributed by atoms with Crippen LogP contribution in [-0.4, -0.2) is 19.6 Å². The topological polar surface area (TPSA) is 51.5 Å². The summed E-state index contributed by atoms with van der Waals surface area (Å²) in [7, 11) is 1.62. The number of furan rings is 1. The number of amides is 1. The second-order valence-electron chi connectivity index (χ2n) is 6.19. The van der Waals surface area contributed by atoms with E-state index in [0.717, 1.165) is 16.5 Å². The van der Waals surface area contributed by atoms with Crippen molar-refractivity contribution in [3.63, 3.8) is 0 Å². The number of carbonyl (C=O) groups excluding carboxylic acids is 1. The summed E-state index contributed by atoms with van der Waals surface area (Å²) in [5, 5.41) is 3.91. The van der Waals surface area contributed by atoms with Crippen LogP contribution in [0.4, 0.5) is 0 Å². The molecule has 122 valence electrons. The second-order valence-corrected chi connectivity index (χ2v) is 6.19. The van der Waals surface area contributed by atoms with Gasteiger partial charge in [0.2, 0.25) is 5.76 Å². The molecule has 0 radical (unpaired) electrons. The number of hydrogen-bond donors (Lipinski definition) is 1. The van der Waals surface area contributed by atoms with Gasteiger partial charge in [0.1, 0.15) is 11.3 Å². The summed E-state index contributed by atoms with van der Waals surface area (Å²) >= 11 is 0. The fourth-order valence-corrected chi connectivity index (χ4v) is 2.89. The Bertz CT molecular complexity index is 879. The summed E-state index contributed by atoms with van der Waals surface area (Å²) in [4.78, 5) is 12.7. The van der Waals surface area contributed by atoms with Crippen molar-refractivity contribution < 1.29 is 13.9 Å². The monoisotopic (exact) mass is 321 g/mol. The summed E-state index contributed by atoms with van der Waals surface area (Å²) in [6.07, 6.45) is 2.40. The number of carbonyl (C=O) groups is 1. The predicted octanol–water partition coefficient (Wildman–Crippen LogP) is 4.25. The van der Waals surface area contributed by atoms with Crippen molar-refractivity contribution in [3.8, 4) is 16.9 Å². The molecule has 1 amide bonds. The van der Waals surface area contributed by atoms with E-state index in [-0.39, 0.29) is 5.91 Å². The van der Waals surface area contributed by atoms with Gasteiger partial charge in [-0.2, -0.15) is 0 Å². The Labute approximate surface area is 140 Å². The molecule has 0 saturated heterocycles. The maximum Gasteiger partial charge on any atom is 0.287 e. The molecule has 0 unspecified atom stereocenters. The zero-order valence-corrected chi connectivity index (χ0v) is 13.5. The molecular weight excluding hydrogens is 302 g/mol. The van der Waals surface area contributed by atoms with E-state index in [4.69, 9.17) is 9.15 Å². The molecule has 4 heteroatoms. The van der Waals surface area contributed by atoms with Crippen molar-refractivity contribution in [2.75, 3.05) is 13.7 Å². The number of ether oxygens (including phenoxy) is 1. The Morgan fingerprint density at radius 2 is 2.00 bits per heavy atom. The number of benzene rings is 2. The summed E-state index contributed by atoms with van der Waals surface area (Å²) < 4.78 is 11.2. The van der Waals surface area contributed by atoms with Gasteiger partial charge in [-0.3, -0.25) is 4.79 Å². The van der Waals surface area contributed by atoms with Crippen molar-refractivity contribution in [1.82, 2.24) is 5.32 Å². The van der Waals surface area contributed by atoms with Crippen LogP contribution in [0.2, 0.25) is 0 Å². The van der Waals surface area contributed by atoms with Crippen LogP contribution in [0.25, 0.3) is 22.1 Å². The molecule has 1 fully saturated rings. The molecule has 1 aliphatic rings. The first kappa shape index (κ1) is 14.8. The van der Waals surface area contributed by atoms with Crippen molar-refractivity contribution in [2.45, 2.75) is 12.8 Å². The number of fused-ring (bicyclic) bond motifs is 1. The highest BCUT2D eigenvalue weighted by Gasteiger charge is 2.25. The second kappa shape index (κ2) is 6.04. The zero-order chi connectivity index (χ0) is 16.5. The van der Waals surface area contributed by atoms with E-state index in [1.807, 2.05) is 48.5 Å². The molecule has 4 rings (SSSR count). The van der Waals surface area contributed by atoms with Gasteiger partial charge in [-0.25, -0.2) is 0 Å². The highest BCUT2D eigenvalue weighted by atomic mass is 16.5. The molecule has 1 heterocycles. The van der Waals surface area contributed by atoms with Crippen molar-refractivity contribution >= 4 is 16.9 Å². The van der Waals surface area contributed by atoms with Gasteiger partial charge in [0.25, 0.3) is 5.91 Å². The molecule has 0 spiro atoms. The van der Waals surface area contributed by atoms with Crippen LogP contribution in [0.1, 0.15) is 23.4 Å². The maximum atomic E-state index is 12.7. The molecule has 3 aromatic rings. The highest BCUT2D eigenvalue weighted by Crippen LogP contribution is 2.36. The third-order valence-electron chi connectivity index (χ3n) is 4.41. The smallest absolute Gasteiger partial charge is 0.287 e. The summed E-state index contributed by atoms with van der Waals surface area (Å²) in [5.74, 6) is 1.54. The maximum absolute atomic E-state index is 12.7. The zero-order valence-electron chi connectivity index (χ0n) is 13.5. The van der Waals surface area contributed by atoms with Crippen LogP contribution in [0, 0.1) is 5.92 Å². The van der Waals surface area contributed by atoms with Crippen LogP contribution >= 0.6 is 0 Å². The fraction of sp³-hybridized carbons (Fsp3) is 0.250. The van der Waals surface area contributed by atoms with Crippen LogP contribution in [0.5, 0.6) is 5.75 Å². The number of hydrogen-bond acceptors (Lipinski definition) is 3. The Morgan fingerprint density at radius 1 is 1.21 bits per heavy atom. The van der Waals surface area contributed by atoms with Crippen LogP contribution < -0.4 is 10.1 Å². The van der Waals surface area contributed by atoms with Gasteiger partial charge in [-0.1, -0.05) is 30.3 Å². The number of methoxy groups -OCH3 is 1. The van der Waals surface area contributed by atoms with E-state index in [2.05, 4.69) is 5.32 Å². The van der Waals surface area contributed by atoms with E-state index < -0.39 is 0 Å². The van der Waals surface area contributed by atoms with Gasteiger partial charge in [0, 0.05) is 23.6 Å². The number of rotatable bonds is 5. The minimum absolute atomic E-state index is 0.157. The Balaban J connectivity index is 1.81. The molecule has 24 heavy (non-hydrogen) atoms. The molecule has 1 saturated carbocycles. The lowest BCUT2D eigenvalue weighted by Gasteiger charge is -2.05. The minimum Gasteiger partial charge on any atom is -0.497 e. The third-order valence-corrected chi connectivity index (χ3v) is 4.41. The van der Waals surface area contributed by atoms with E-state index in [1.165, 1.54) is 12.8 Å². The minimum atomic E-state index is -0.157. The van der Waals surface area contributed by atoms with E-state index in [1.54, 1.807) is 7.11 Å². The van der Waals surface area contributed by atoms with Crippen LogP contribution in [0.15, 0.2) is 52.9 Å². The first-order valence-electron chi connectivity index (χ1n) is 8.20. The first-order valence-corrected chi connectivity index (χ1v) is 8.20. The van der Waals surface area contributed by atoms with Gasteiger partial charge in [0.15, 0.2) is 0 Å². The molecule has 2 aromatic carbocycles. The van der Waals surface area contributed by atoms with Gasteiger partial charge < -0.3 is 14.5 Å². The van der Waals surface area contributed by atoms with Gasteiger partial charge in [-0.05, 0) is 36.5 Å². The SMILES string of the molecule is COc1ccc2c(-c3ccccc3)c(C(=O)NCC3CC3)oc2c1. The molecule has 0 aliphatic heterocycles. The summed E-state index contributed by atoms with van der Waals surface area (Å²) in [5.41, 5.74) is 2.46. The normalized spacial score (nSPS) is 13.9. The van der Waals surface area contributed by atoms with Crippen LogP contribution in [-0.2, 0) is 0 Å². The molecule has 4 nitrogen and oxygen atoms in total. The Kier molecular flexibility index (Phi) is 3.73. The average Bonchev–Trinajstić information content (AvgIpc) is 3.38. The molecule has 1 aromatic heterocycles. The predicted molar refractivity (Wildman–Crippen MR) is 93.3 cm³/mol. The Hall–Kier alpha value is -2.75. The summed E-state index contributed by atoms with van der Waals surface area (Å²) in [6.45, 7) is 0.716. The lowest BCUT2D eigenvalue weighted by atomic mass is 10.0. The molecule has 0 atom stereocenters. The molecule has 0 bridgehead atoms. The molecular formula is C20H19NO3. The fourth-order valence-electron chi connectivity index (χ4n) is 2.89. The quantitative estimate of drug-likeness (QED) is 0.764. The lowest BCUT2D eigenvalue weighted by Crippen LogP contribution is -2.25. The average molecular weight is 321 g/mol. The van der Waals surface area contributed by atoms with Gasteiger partial charge >= 0.3 is 0 Å². The van der Waals surface area contributed by atoms with Gasteiger partial charge in [-0.15, -0.1) is 0 Å². The highest BCUT2D eigenvalue weighted by molar-refractivity contribution is 6.08. The standard InChI is InChI=1S/C20H19NO3/c1-23-15-9-10-16-17(11-15)24-19(20(22)21-12-13-7-8-13)18(16)14-5-3-2-4-6-14/h2-6,9-11,13H,7-8,12H2,1H3,(H,21,22). The van der Waals surface area contributed by atoms with E-state index in [0.29, 0.717) is 29.6 Å². The van der Waals surface area contributed by atoms with Crippen molar-refractivity contribution in [2.24, 2.45) is 5.92 Å². The van der Waals surface area contributed by atoms with E-state index >= 15 is 0 Å². The van der Waals surface area contributed by atoms with Crippen molar-refractivity contribution in [3.05, 3.63) is 54.3 Å². The molecule has 1 N–H and O–H groups in total. The van der Waals surface area contributed by atoms with Crippen LogP contribution in [0.3, 0.4) is 0 Å². The first-order chi connectivity index (χ1) is 11.8. The van der Waals surface area contributed by atoms with Gasteiger partial charge in [0.05, 0.1) is 7.11 Å².